The number of hydrogen-bond donors (Lipinski definition) is 0. The minimum Gasteiger partial charge on any atom is -0.497 e. The number of rotatable bonds is 7. The van der Waals surface area contributed by atoms with Crippen LogP contribution in [0.25, 0.3) is 0 Å². The first-order valence-electron chi connectivity index (χ1n) is 5.93. The van der Waals surface area contributed by atoms with Gasteiger partial charge in [-0.3, -0.25) is 0 Å². The molecule has 0 aliphatic heterocycles. The van der Waals surface area contributed by atoms with Crippen molar-refractivity contribution in [2.45, 2.75) is 26.7 Å². The summed E-state index contributed by atoms with van der Waals surface area (Å²) in [6.45, 7) is 6.06. The average Bonchev–Trinajstić information content (AvgIpc) is 2.29. The van der Waals surface area contributed by atoms with Gasteiger partial charge in [-0.25, -0.2) is 0 Å². The summed E-state index contributed by atoms with van der Waals surface area (Å²) in [5, 5.41) is 0. The van der Waals surface area contributed by atoms with Gasteiger partial charge in [0.1, 0.15) is 5.75 Å². The van der Waals surface area contributed by atoms with E-state index in [-0.39, 0.29) is 0 Å². The highest BCUT2D eigenvalue weighted by molar-refractivity contribution is 5.27. The Bertz CT molecular complexity index is 277. The van der Waals surface area contributed by atoms with Crippen LogP contribution in [0.5, 0.6) is 5.75 Å². The molecule has 0 spiro atoms. The number of benzene rings is 1. The lowest BCUT2D eigenvalue weighted by atomic mass is 10.1. The maximum atomic E-state index is 5.54. The summed E-state index contributed by atoms with van der Waals surface area (Å²) in [4.78, 5) is 0. The summed E-state index contributed by atoms with van der Waals surface area (Å²) in [6.07, 6.45) is 2.15. The highest BCUT2D eigenvalue weighted by atomic mass is 16.5. The second-order valence-corrected chi connectivity index (χ2v) is 4.42. The first kappa shape index (κ1) is 13.0. The van der Waals surface area contributed by atoms with Gasteiger partial charge in [0.05, 0.1) is 7.11 Å². The third-order valence-corrected chi connectivity index (χ3v) is 2.36. The fourth-order valence-corrected chi connectivity index (χ4v) is 1.49. The van der Waals surface area contributed by atoms with Crippen molar-refractivity contribution in [1.82, 2.24) is 0 Å². The Hall–Kier alpha value is -1.02. The van der Waals surface area contributed by atoms with Crippen LogP contribution in [0.2, 0.25) is 0 Å². The Kier molecular flexibility index (Phi) is 5.94. The molecule has 0 N–H and O–H groups in total. The summed E-state index contributed by atoms with van der Waals surface area (Å²) in [5.41, 5.74) is 1.34. The molecule has 0 heterocycles. The van der Waals surface area contributed by atoms with E-state index in [2.05, 4.69) is 26.0 Å². The molecule has 0 saturated heterocycles. The van der Waals surface area contributed by atoms with Crippen molar-refractivity contribution in [1.29, 1.82) is 0 Å². The summed E-state index contributed by atoms with van der Waals surface area (Å²) >= 11 is 0. The van der Waals surface area contributed by atoms with Crippen LogP contribution in [-0.4, -0.2) is 20.3 Å². The maximum Gasteiger partial charge on any atom is 0.118 e. The second kappa shape index (κ2) is 7.29. The van der Waals surface area contributed by atoms with Crippen LogP contribution >= 0.6 is 0 Å². The summed E-state index contributed by atoms with van der Waals surface area (Å²) in [7, 11) is 1.69. The van der Waals surface area contributed by atoms with Crippen molar-refractivity contribution < 1.29 is 9.47 Å². The molecule has 2 heteroatoms. The molecule has 0 fully saturated rings. The molecule has 0 aliphatic carbocycles. The van der Waals surface area contributed by atoms with E-state index in [1.165, 1.54) is 5.56 Å². The van der Waals surface area contributed by atoms with E-state index in [1.54, 1.807) is 7.11 Å². The molecule has 0 unspecified atom stereocenters. The van der Waals surface area contributed by atoms with Gasteiger partial charge >= 0.3 is 0 Å². The van der Waals surface area contributed by atoms with Gasteiger partial charge in [0.2, 0.25) is 0 Å². The van der Waals surface area contributed by atoms with Crippen molar-refractivity contribution in [3.63, 3.8) is 0 Å². The summed E-state index contributed by atoms with van der Waals surface area (Å²) in [5.74, 6) is 1.54. The van der Waals surface area contributed by atoms with E-state index in [4.69, 9.17) is 9.47 Å². The molecule has 0 amide bonds. The van der Waals surface area contributed by atoms with Crippen molar-refractivity contribution >= 4 is 0 Å². The largest absolute Gasteiger partial charge is 0.497 e. The fourth-order valence-electron chi connectivity index (χ4n) is 1.49. The van der Waals surface area contributed by atoms with Crippen molar-refractivity contribution in [2.75, 3.05) is 20.3 Å². The van der Waals surface area contributed by atoms with Crippen LogP contribution in [0.3, 0.4) is 0 Å². The van der Waals surface area contributed by atoms with Gasteiger partial charge in [0, 0.05) is 13.2 Å². The van der Waals surface area contributed by atoms with Gasteiger partial charge in [-0.15, -0.1) is 0 Å². The van der Waals surface area contributed by atoms with Crippen molar-refractivity contribution in [3.05, 3.63) is 29.8 Å². The topological polar surface area (TPSA) is 18.5 Å². The van der Waals surface area contributed by atoms with Crippen LogP contribution in [-0.2, 0) is 11.2 Å². The molecule has 0 aliphatic rings. The zero-order valence-electron chi connectivity index (χ0n) is 10.5. The molecule has 0 saturated carbocycles. The Labute approximate surface area is 98.6 Å². The van der Waals surface area contributed by atoms with Crippen LogP contribution in [0.15, 0.2) is 24.3 Å². The molecule has 1 rings (SSSR count). The Balaban J connectivity index is 2.16. The molecule has 1 aromatic carbocycles. The predicted molar refractivity (Wildman–Crippen MR) is 67.0 cm³/mol. The molecule has 16 heavy (non-hydrogen) atoms. The molecular weight excluding hydrogens is 200 g/mol. The van der Waals surface area contributed by atoms with Gasteiger partial charge < -0.3 is 9.47 Å². The zero-order valence-corrected chi connectivity index (χ0v) is 10.5. The molecule has 0 atom stereocenters. The number of methoxy groups -OCH3 is 1. The first-order chi connectivity index (χ1) is 7.72. The van der Waals surface area contributed by atoms with E-state index < -0.39 is 0 Å². The lowest BCUT2D eigenvalue weighted by Crippen LogP contribution is -2.03. The standard InChI is InChI=1S/C14H22O2/c1-12(2)11-16-10-4-5-13-6-8-14(15-3)9-7-13/h6-9,12H,4-5,10-11H2,1-3H3. The monoisotopic (exact) mass is 222 g/mol. The Morgan fingerprint density at radius 1 is 1.12 bits per heavy atom. The van der Waals surface area contributed by atoms with Crippen LogP contribution in [0, 0.1) is 5.92 Å². The minimum absolute atomic E-state index is 0.626. The van der Waals surface area contributed by atoms with Gasteiger partial charge in [-0.05, 0) is 36.5 Å². The van der Waals surface area contributed by atoms with Crippen LogP contribution in [0.4, 0.5) is 0 Å². The van der Waals surface area contributed by atoms with E-state index in [1.807, 2.05) is 12.1 Å². The smallest absolute Gasteiger partial charge is 0.118 e. The summed E-state index contributed by atoms with van der Waals surface area (Å²) in [6, 6.07) is 8.23. The number of hydrogen-bond acceptors (Lipinski definition) is 2. The molecule has 0 radical (unpaired) electrons. The van der Waals surface area contributed by atoms with Crippen LogP contribution < -0.4 is 4.74 Å². The second-order valence-electron chi connectivity index (χ2n) is 4.42. The number of aryl methyl sites for hydroxylation is 1. The van der Waals surface area contributed by atoms with E-state index in [0.717, 1.165) is 31.8 Å². The van der Waals surface area contributed by atoms with Gasteiger partial charge in [-0.1, -0.05) is 26.0 Å². The molecule has 0 bridgehead atoms. The molecule has 2 nitrogen and oxygen atoms in total. The molecule has 90 valence electrons. The van der Waals surface area contributed by atoms with E-state index >= 15 is 0 Å². The quantitative estimate of drug-likeness (QED) is 0.659. The number of ether oxygens (including phenoxy) is 2. The van der Waals surface area contributed by atoms with Crippen LogP contribution in [0.1, 0.15) is 25.8 Å². The Morgan fingerprint density at radius 3 is 2.38 bits per heavy atom. The highest BCUT2D eigenvalue weighted by Crippen LogP contribution is 2.12. The maximum absolute atomic E-state index is 5.54. The predicted octanol–water partition coefficient (Wildman–Crippen LogP) is 3.30. The molecular formula is C14H22O2. The fraction of sp³-hybridized carbons (Fsp3) is 0.571. The minimum atomic E-state index is 0.626. The molecule has 0 aromatic heterocycles. The third-order valence-electron chi connectivity index (χ3n) is 2.36. The first-order valence-corrected chi connectivity index (χ1v) is 5.93. The third kappa shape index (κ3) is 5.17. The van der Waals surface area contributed by atoms with E-state index in [0.29, 0.717) is 5.92 Å². The van der Waals surface area contributed by atoms with Crippen molar-refractivity contribution in [2.24, 2.45) is 5.92 Å². The summed E-state index contributed by atoms with van der Waals surface area (Å²) < 4.78 is 10.7. The zero-order chi connectivity index (χ0) is 11.8. The lowest BCUT2D eigenvalue weighted by molar-refractivity contribution is 0.108. The lowest BCUT2D eigenvalue weighted by Gasteiger charge is -2.07. The van der Waals surface area contributed by atoms with E-state index in [9.17, 15) is 0 Å². The normalized spacial score (nSPS) is 10.8. The highest BCUT2D eigenvalue weighted by Gasteiger charge is 1.96. The van der Waals surface area contributed by atoms with Gasteiger partial charge in [-0.2, -0.15) is 0 Å². The Morgan fingerprint density at radius 2 is 1.81 bits per heavy atom. The van der Waals surface area contributed by atoms with Gasteiger partial charge in [0.25, 0.3) is 0 Å². The van der Waals surface area contributed by atoms with Crippen molar-refractivity contribution in [3.8, 4) is 5.75 Å². The SMILES string of the molecule is COc1ccc(CCCOCC(C)C)cc1. The average molecular weight is 222 g/mol. The molecule has 1 aromatic rings. The van der Waals surface area contributed by atoms with Gasteiger partial charge in [0.15, 0.2) is 0 Å².